The van der Waals surface area contributed by atoms with E-state index in [1.54, 1.807) is 0 Å². The Bertz CT molecular complexity index is 1060. The van der Waals surface area contributed by atoms with Gasteiger partial charge in [0.2, 0.25) is 0 Å². The highest BCUT2D eigenvalue weighted by molar-refractivity contribution is 6.13. The van der Waals surface area contributed by atoms with Crippen LogP contribution >= 0.6 is 0 Å². The first-order valence-electron chi connectivity index (χ1n) is 9.21. The average Bonchev–Trinajstić information content (AvgIpc) is 3.31. The highest BCUT2D eigenvalue weighted by atomic mass is 19.1. The van der Waals surface area contributed by atoms with E-state index in [1.807, 2.05) is 24.3 Å². The Balaban J connectivity index is 1.85. The molecule has 3 aromatic rings. The largest absolute Gasteiger partial charge is 0.465 e. The van der Waals surface area contributed by atoms with Crippen LogP contribution in [-0.4, -0.2) is 30.9 Å². The molecule has 1 aliphatic rings. The summed E-state index contributed by atoms with van der Waals surface area (Å²) in [6.45, 7) is 3.18. The van der Waals surface area contributed by atoms with Gasteiger partial charge >= 0.3 is 5.97 Å². The number of rotatable bonds is 4. The lowest BCUT2D eigenvalue weighted by atomic mass is 9.89. The third kappa shape index (κ3) is 2.90. The number of aldehydes is 1. The molecular weight excluding hydrogens is 359 g/mol. The fourth-order valence-electron chi connectivity index (χ4n) is 4.08. The van der Waals surface area contributed by atoms with E-state index in [-0.39, 0.29) is 11.1 Å². The summed E-state index contributed by atoms with van der Waals surface area (Å²) >= 11 is 0. The highest BCUT2D eigenvalue weighted by Crippen LogP contribution is 2.35. The number of halogens is 1. The minimum absolute atomic E-state index is 0.0291. The van der Waals surface area contributed by atoms with Crippen LogP contribution in [0.4, 0.5) is 4.39 Å². The van der Waals surface area contributed by atoms with Crippen molar-refractivity contribution in [3.63, 3.8) is 0 Å². The van der Waals surface area contributed by atoms with Gasteiger partial charge in [-0.15, -0.1) is 0 Å². The van der Waals surface area contributed by atoms with Crippen LogP contribution in [0.3, 0.4) is 0 Å². The monoisotopic (exact) mass is 380 g/mol. The zero-order valence-corrected chi connectivity index (χ0v) is 15.8. The molecule has 1 saturated heterocycles. The normalized spacial score (nSPS) is 19.1. The summed E-state index contributed by atoms with van der Waals surface area (Å²) in [6, 6.07) is 10.3. The molecule has 28 heavy (non-hydrogen) atoms. The van der Waals surface area contributed by atoms with E-state index in [0.717, 1.165) is 31.0 Å². The predicted octanol–water partition coefficient (Wildman–Crippen LogP) is 4.17. The molecule has 144 valence electrons. The predicted molar refractivity (Wildman–Crippen MR) is 105 cm³/mol. The number of H-pyrrole nitrogens is 1. The Kier molecular flexibility index (Phi) is 4.51. The smallest absolute Gasteiger partial charge is 0.338 e. The van der Waals surface area contributed by atoms with Crippen LogP contribution in [0.2, 0.25) is 0 Å². The number of hydrogen-bond acceptors (Lipinski definition) is 4. The molecule has 1 unspecified atom stereocenters. The summed E-state index contributed by atoms with van der Waals surface area (Å²) in [5, 5.41) is 3.90. The van der Waals surface area contributed by atoms with Crippen molar-refractivity contribution in [2.24, 2.45) is 0 Å². The molecular formula is C22H21FN2O3. The molecule has 0 radical (unpaired) electrons. The van der Waals surface area contributed by atoms with Crippen LogP contribution in [0, 0.1) is 5.82 Å². The number of esters is 1. The van der Waals surface area contributed by atoms with Crippen molar-refractivity contribution >= 4 is 23.2 Å². The number of benzene rings is 2. The standard InChI is InChI=1S/C22H21FN2O3/c1-22(8-3-9-24-22)14-6-4-13(5-7-14)20-17(12-26)19-16(21(27)28-2)10-15(23)11-18(19)25-20/h4-7,10-12,24-25H,3,8-9H2,1-2H3. The minimum atomic E-state index is -0.686. The maximum absolute atomic E-state index is 14.0. The maximum Gasteiger partial charge on any atom is 0.338 e. The van der Waals surface area contributed by atoms with Crippen LogP contribution in [-0.2, 0) is 10.3 Å². The number of aromatic nitrogens is 1. The van der Waals surface area contributed by atoms with Crippen LogP contribution in [0.25, 0.3) is 22.2 Å². The molecule has 1 atom stereocenters. The van der Waals surface area contributed by atoms with E-state index in [2.05, 4.69) is 17.2 Å². The highest BCUT2D eigenvalue weighted by Gasteiger charge is 2.30. The van der Waals surface area contributed by atoms with Crippen LogP contribution in [0.15, 0.2) is 36.4 Å². The fourth-order valence-corrected chi connectivity index (χ4v) is 4.08. The van der Waals surface area contributed by atoms with Crippen molar-refractivity contribution in [2.75, 3.05) is 13.7 Å². The Morgan fingerprint density at radius 3 is 2.61 bits per heavy atom. The number of nitrogens with one attached hydrogen (secondary N) is 2. The summed E-state index contributed by atoms with van der Waals surface area (Å²) in [5.74, 6) is -1.26. The first-order valence-corrected chi connectivity index (χ1v) is 9.21. The molecule has 0 saturated carbocycles. The lowest BCUT2D eigenvalue weighted by Gasteiger charge is -2.25. The summed E-state index contributed by atoms with van der Waals surface area (Å²) in [4.78, 5) is 27.1. The van der Waals surface area contributed by atoms with Gasteiger partial charge in [0.25, 0.3) is 0 Å². The van der Waals surface area contributed by atoms with E-state index in [4.69, 9.17) is 4.74 Å². The topological polar surface area (TPSA) is 71.2 Å². The van der Waals surface area contributed by atoms with Crippen LogP contribution < -0.4 is 5.32 Å². The van der Waals surface area contributed by atoms with Crippen LogP contribution in [0.5, 0.6) is 0 Å². The molecule has 1 fully saturated rings. The van der Waals surface area contributed by atoms with Gasteiger partial charge in [-0.2, -0.15) is 0 Å². The van der Waals surface area contributed by atoms with E-state index < -0.39 is 11.8 Å². The Morgan fingerprint density at radius 2 is 2.00 bits per heavy atom. The quantitative estimate of drug-likeness (QED) is 0.526. The van der Waals surface area contributed by atoms with Crippen molar-refractivity contribution < 1.29 is 18.7 Å². The first-order chi connectivity index (χ1) is 13.5. The number of methoxy groups -OCH3 is 1. The Hall–Kier alpha value is -2.99. The zero-order chi connectivity index (χ0) is 19.9. The summed E-state index contributed by atoms with van der Waals surface area (Å²) < 4.78 is 18.7. The molecule has 1 aliphatic heterocycles. The number of carbonyl (C=O) groups excluding carboxylic acids is 2. The summed E-state index contributed by atoms with van der Waals surface area (Å²) in [5.41, 5.74) is 3.20. The van der Waals surface area contributed by atoms with E-state index in [1.165, 1.54) is 18.7 Å². The van der Waals surface area contributed by atoms with E-state index >= 15 is 0 Å². The second kappa shape index (κ2) is 6.87. The van der Waals surface area contributed by atoms with Gasteiger partial charge in [-0.05, 0) is 49.6 Å². The first kappa shape index (κ1) is 18.4. The molecule has 6 heteroatoms. The second-order valence-electron chi connectivity index (χ2n) is 7.34. The van der Waals surface area contributed by atoms with E-state index in [0.29, 0.717) is 28.4 Å². The third-order valence-electron chi connectivity index (χ3n) is 5.60. The molecule has 1 aromatic heterocycles. The van der Waals surface area contributed by atoms with Gasteiger partial charge in [-0.3, -0.25) is 4.79 Å². The van der Waals surface area contributed by atoms with Gasteiger partial charge in [-0.1, -0.05) is 24.3 Å². The number of carbonyl (C=O) groups is 2. The molecule has 5 nitrogen and oxygen atoms in total. The zero-order valence-electron chi connectivity index (χ0n) is 15.8. The average molecular weight is 380 g/mol. The van der Waals surface area contributed by atoms with E-state index in [9.17, 15) is 14.0 Å². The summed E-state index contributed by atoms with van der Waals surface area (Å²) in [7, 11) is 1.23. The van der Waals surface area contributed by atoms with Crippen LogP contribution in [0.1, 0.15) is 46.0 Å². The maximum atomic E-state index is 14.0. The minimum Gasteiger partial charge on any atom is -0.465 e. The van der Waals surface area contributed by atoms with Gasteiger partial charge in [0.15, 0.2) is 6.29 Å². The van der Waals surface area contributed by atoms with Gasteiger partial charge in [0.05, 0.1) is 23.9 Å². The van der Waals surface area contributed by atoms with Crippen molar-refractivity contribution in [3.8, 4) is 11.3 Å². The SMILES string of the molecule is COC(=O)c1cc(F)cc2[nH]c(-c3ccc(C4(C)CCCN4)cc3)c(C=O)c12. The number of hydrogen-bond donors (Lipinski definition) is 2. The lowest BCUT2D eigenvalue weighted by molar-refractivity contribution is 0.0602. The number of fused-ring (bicyclic) bond motifs is 1. The van der Waals surface area contributed by atoms with Gasteiger partial charge in [-0.25, -0.2) is 9.18 Å². The molecule has 0 bridgehead atoms. The van der Waals surface area contributed by atoms with Crippen molar-refractivity contribution in [1.29, 1.82) is 0 Å². The molecule has 0 amide bonds. The number of ether oxygens (including phenoxy) is 1. The Morgan fingerprint density at radius 1 is 1.25 bits per heavy atom. The molecule has 4 rings (SSSR count). The fraction of sp³-hybridized carbons (Fsp3) is 0.273. The molecule has 2 N–H and O–H groups in total. The van der Waals surface area contributed by atoms with Crippen molar-refractivity contribution in [2.45, 2.75) is 25.3 Å². The van der Waals surface area contributed by atoms with Gasteiger partial charge in [0, 0.05) is 16.5 Å². The Labute approximate surface area is 161 Å². The summed E-state index contributed by atoms with van der Waals surface area (Å²) in [6.07, 6.45) is 2.89. The third-order valence-corrected chi connectivity index (χ3v) is 5.60. The van der Waals surface area contributed by atoms with Crippen molar-refractivity contribution in [1.82, 2.24) is 10.3 Å². The lowest BCUT2D eigenvalue weighted by Crippen LogP contribution is -2.32. The van der Waals surface area contributed by atoms with Gasteiger partial charge in [0.1, 0.15) is 5.82 Å². The van der Waals surface area contributed by atoms with Gasteiger partial charge < -0.3 is 15.0 Å². The molecule has 2 aromatic carbocycles. The van der Waals surface area contributed by atoms with Crippen molar-refractivity contribution in [3.05, 3.63) is 58.9 Å². The molecule has 0 aliphatic carbocycles. The second-order valence-corrected chi connectivity index (χ2v) is 7.34. The molecule has 0 spiro atoms. The number of aromatic amines is 1. The molecule has 2 heterocycles.